The number of rotatable bonds is 4. The van der Waals surface area contributed by atoms with E-state index >= 15 is 0 Å². The number of nitrogens with one attached hydrogen (secondary N) is 1. The predicted molar refractivity (Wildman–Crippen MR) is 91.7 cm³/mol. The van der Waals surface area contributed by atoms with Gasteiger partial charge in [0, 0.05) is 5.69 Å². The first-order chi connectivity index (χ1) is 12.2. The van der Waals surface area contributed by atoms with Crippen LogP contribution in [0.3, 0.4) is 0 Å². The van der Waals surface area contributed by atoms with Crippen LogP contribution in [0.5, 0.6) is 5.75 Å². The number of amides is 1. The summed E-state index contributed by atoms with van der Waals surface area (Å²) in [6, 6.07) is 10.4. The number of methoxy groups -OCH3 is 1. The van der Waals surface area contributed by atoms with Crippen LogP contribution in [-0.2, 0) is 11.0 Å². The quantitative estimate of drug-likeness (QED) is 0.605. The Morgan fingerprint density at radius 3 is 2.38 bits per heavy atom. The standard InChI is InChI=1S/C18H12ClF3N2O2/c1-26-16-7-6-14(9-15(16)19)24-17(25)12(10-23)8-11-2-4-13(5-3-11)18(20,21)22/h2-9H,1H3,(H,24,25)/b12-8-. The topological polar surface area (TPSA) is 62.1 Å². The lowest BCUT2D eigenvalue weighted by Crippen LogP contribution is -2.13. The highest BCUT2D eigenvalue weighted by molar-refractivity contribution is 6.32. The Labute approximate surface area is 152 Å². The number of carbonyl (C=O) groups is 1. The van der Waals surface area contributed by atoms with Crippen LogP contribution >= 0.6 is 11.6 Å². The summed E-state index contributed by atoms with van der Waals surface area (Å²) in [4.78, 5) is 12.2. The van der Waals surface area contributed by atoms with E-state index in [-0.39, 0.29) is 16.2 Å². The Bertz CT molecular complexity index is 885. The fourth-order valence-electron chi connectivity index (χ4n) is 2.03. The molecule has 1 amide bonds. The molecule has 0 spiro atoms. The minimum absolute atomic E-state index is 0.267. The van der Waals surface area contributed by atoms with Crippen LogP contribution in [0.15, 0.2) is 48.0 Å². The minimum Gasteiger partial charge on any atom is -0.495 e. The first-order valence-electron chi connectivity index (χ1n) is 7.18. The van der Waals surface area contributed by atoms with Gasteiger partial charge in [-0.05, 0) is 42.0 Å². The molecular weight excluding hydrogens is 369 g/mol. The molecule has 0 saturated carbocycles. The van der Waals surface area contributed by atoms with Crippen LogP contribution in [0, 0.1) is 11.3 Å². The molecule has 0 radical (unpaired) electrons. The van der Waals surface area contributed by atoms with E-state index in [4.69, 9.17) is 21.6 Å². The molecule has 2 aromatic rings. The molecule has 0 heterocycles. The van der Waals surface area contributed by atoms with E-state index in [1.807, 2.05) is 0 Å². The summed E-state index contributed by atoms with van der Waals surface area (Å²) in [5.41, 5.74) is -0.450. The van der Waals surface area contributed by atoms with Crippen LogP contribution in [0.2, 0.25) is 5.02 Å². The highest BCUT2D eigenvalue weighted by Gasteiger charge is 2.29. The number of nitriles is 1. The summed E-state index contributed by atoms with van der Waals surface area (Å²) in [5, 5.41) is 11.9. The van der Waals surface area contributed by atoms with Gasteiger partial charge in [-0.3, -0.25) is 4.79 Å². The maximum Gasteiger partial charge on any atom is 0.416 e. The van der Waals surface area contributed by atoms with Crippen LogP contribution in [-0.4, -0.2) is 13.0 Å². The third-order valence-corrected chi connectivity index (χ3v) is 3.62. The second-order valence-electron chi connectivity index (χ2n) is 5.09. The Hall–Kier alpha value is -2.98. The smallest absolute Gasteiger partial charge is 0.416 e. The van der Waals surface area contributed by atoms with Crippen molar-refractivity contribution in [2.24, 2.45) is 0 Å². The average Bonchev–Trinajstić information content (AvgIpc) is 2.59. The molecule has 1 N–H and O–H groups in total. The van der Waals surface area contributed by atoms with E-state index in [2.05, 4.69) is 5.32 Å². The van der Waals surface area contributed by atoms with Gasteiger partial charge in [-0.25, -0.2) is 0 Å². The van der Waals surface area contributed by atoms with Crippen LogP contribution in [0.25, 0.3) is 6.08 Å². The summed E-state index contributed by atoms with van der Waals surface area (Å²) in [6.07, 6.45) is -3.26. The molecule has 134 valence electrons. The number of nitrogens with zero attached hydrogens (tertiary/aromatic N) is 1. The zero-order chi connectivity index (χ0) is 19.3. The number of halogens is 4. The number of ether oxygens (including phenoxy) is 1. The monoisotopic (exact) mass is 380 g/mol. The third kappa shape index (κ3) is 4.77. The van der Waals surface area contributed by atoms with Crippen molar-refractivity contribution in [3.63, 3.8) is 0 Å². The fourth-order valence-corrected chi connectivity index (χ4v) is 2.28. The third-order valence-electron chi connectivity index (χ3n) is 3.32. The Balaban J connectivity index is 2.19. The van der Waals surface area contributed by atoms with Gasteiger partial charge in [0.15, 0.2) is 0 Å². The number of carbonyl (C=O) groups excluding carboxylic acids is 1. The summed E-state index contributed by atoms with van der Waals surface area (Å²) < 4.78 is 42.7. The van der Waals surface area contributed by atoms with E-state index in [9.17, 15) is 18.0 Å². The first kappa shape index (κ1) is 19.3. The Kier molecular flexibility index (Phi) is 5.90. The molecule has 2 aromatic carbocycles. The lowest BCUT2D eigenvalue weighted by molar-refractivity contribution is -0.137. The van der Waals surface area contributed by atoms with Gasteiger partial charge in [-0.2, -0.15) is 18.4 Å². The average molecular weight is 381 g/mol. The van der Waals surface area contributed by atoms with E-state index in [0.29, 0.717) is 11.4 Å². The van der Waals surface area contributed by atoms with Gasteiger partial charge in [0.05, 0.1) is 17.7 Å². The second-order valence-corrected chi connectivity index (χ2v) is 5.50. The molecule has 0 bridgehead atoms. The van der Waals surface area contributed by atoms with Crippen molar-refractivity contribution >= 4 is 29.3 Å². The molecule has 0 fully saturated rings. The van der Waals surface area contributed by atoms with Gasteiger partial charge >= 0.3 is 6.18 Å². The number of hydrogen-bond donors (Lipinski definition) is 1. The van der Waals surface area contributed by atoms with Crippen molar-refractivity contribution in [2.45, 2.75) is 6.18 Å². The first-order valence-corrected chi connectivity index (χ1v) is 7.56. The van der Waals surface area contributed by atoms with Gasteiger partial charge in [0.2, 0.25) is 0 Å². The van der Waals surface area contributed by atoms with Crippen molar-refractivity contribution in [3.8, 4) is 11.8 Å². The maximum absolute atomic E-state index is 12.6. The summed E-state index contributed by atoms with van der Waals surface area (Å²) in [5.74, 6) is -0.292. The SMILES string of the molecule is COc1ccc(NC(=O)/C(C#N)=C\c2ccc(C(F)(F)F)cc2)cc1Cl. The van der Waals surface area contributed by atoms with Gasteiger partial charge in [0.1, 0.15) is 17.4 Å². The van der Waals surface area contributed by atoms with Gasteiger partial charge in [0.25, 0.3) is 5.91 Å². The van der Waals surface area contributed by atoms with Gasteiger partial charge < -0.3 is 10.1 Å². The highest BCUT2D eigenvalue weighted by Crippen LogP contribution is 2.30. The molecule has 0 atom stereocenters. The molecule has 0 aliphatic heterocycles. The van der Waals surface area contributed by atoms with Crippen LogP contribution in [0.1, 0.15) is 11.1 Å². The molecular formula is C18H12ClF3N2O2. The lowest BCUT2D eigenvalue weighted by atomic mass is 10.1. The molecule has 0 saturated heterocycles. The zero-order valence-electron chi connectivity index (χ0n) is 13.4. The highest BCUT2D eigenvalue weighted by atomic mass is 35.5. The normalized spacial score (nSPS) is 11.6. The molecule has 2 rings (SSSR count). The van der Waals surface area contributed by atoms with Crippen molar-refractivity contribution in [2.75, 3.05) is 12.4 Å². The summed E-state index contributed by atoms with van der Waals surface area (Å²) >= 11 is 5.96. The zero-order valence-corrected chi connectivity index (χ0v) is 14.2. The van der Waals surface area contributed by atoms with E-state index in [1.54, 1.807) is 12.1 Å². The Morgan fingerprint density at radius 1 is 1.23 bits per heavy atom. The second kappa shape index (κ2) is 7.93. The van der Waals surface area contributed by atoms with Crippen molar-refractivity contribution in [1.29, 1.82) is 5.26 Å². The van der Waals surface area contributed by atoms with Crippen LogP contribution in [0.4, 0.5) is 18.9 Å². The summed E-state index contributed by atoms with van der Waals surface area (Å²) in [6.45, 7) is 0. The van der Waals surface area contributed by atoms with Crippen LogP contribution < -0.4 is 10.1 Å². The predicted octanol–water partition coefficient (Wildman–Crippen LogP) is 4.91. The number of anilines is 1. The fraction of sp³-hybridized carbons (Fsp3) is 0.111. The largest absolute Gasteiger partial charge is 0.495 e. The van der Waals surface area contributed by atoms with Crippen molar-refractivity contribution < 1.29 is 22.7 Å². The maximum atomic E-state index is 12.6. The summed E-state index contributed by atoms with van der Waals surface area (Å²) in [7, 11) is 1.44. The minimum atomic E-state index is -4.45. The molecule has 0 aliphatic carbocycles. The number of hydrogen-bond acceptors (Lipinski definition) is 3. The molecule has 8 heteroatoms. The van der Waals surface area contributed by atoms with Gasteiger partial charge in [-0.15, -0.1) is 0 Å². The van der Waals surface area contributed by atoms with E-state index in [0.717, 1.165) is 12.1 Å². The number of alkyl halides is 3. The van der Waals surface area contributed by atoms with Gasteiger partial charge in [-0.1, -0.05) is 23.7 Å². The lowest BCUT2D eigenvalue weighted by Gasteiger charge is -2.08. The van der Waals surface area contributed by atoms with E-state index in [1.165, 1.54) is 37.5 Å². The van der Waals surface area contributed by atoms with E-state index < -0.39 is 17.6 Å². The van der Waals surface area contributed by atoms with Crippen molar-refractivity contribution in [3.05, 3.63) is 64.2 Å². The molecule has 4 nitrogen and oxygen atoms in total. The molecule has 0 unspecified atom stereocenters. The van der Waals surface area contributed by atoms with Crippen molar-refractivity contribution in [1.82, 2.24) is 0 Å². The molecule has 26 heavy (non-hydrogen) atoms. The molecule has 0 aliphatic rings. The molecule has 0 aromatic heterocycles. The number of benzene rings is 2. The Morgan fingerprint density at radius 2 is 1.88 bits per heavy atom.